The number of benzene rings is 2. The van der Waals surface area contributed by atoms with Crippen molar-refractivity contribution in [2.75, 3.05) is 12.4 Å². The molecule has 0 aliphatic rings. The molecular formula is C16H15Cl2NO3. The minimum atomic E-state index is -0.708. The van der Waals surface area contributed by atoms with E-state index < -0.39 is 6.10 Å². The number of hydrogen-bond donors (Lipinski definition) is 1. The average molecular weight is 340 g/mol. The van der Waals surface area contributed by atoms with E-state index in [4.69, 9.17) is 32.7 Å². The van der Waals surface area contributed by atoms with Gasteiger partial charge in [0, 0.05) is 5.69 Å². The Morgan fingerprint density at radius 2 is 1.82 bits per heavy atom. The van der Waals surface area contributed by atoms with Crippen LogP contribution in [0.5, 0.6) is 11.5 Å². The number of halogens is 2. The van der Waals surface area contributed by atoms with E-state index in [0.29, 0.717) is 27.2 Å². The maximum Gasteiger partial charge on any atom is 0.265 e. The smallest absolute Gasteiger partial charge is 0.265 e. The first-order valence-electron chi connectivity index (χ1n) is 6.57. The van der Waals surface area contributed by atoms with Gasteiger partial charge in [-0.2, -0.15) is 0 Å². The molecule has 22 heavy (non-hydrogen) atoms. The van der Waals surface area contributed by atoms with Gasteiger partial charge in [0.2, 0.25) is 0 Å². The van der Waals surface area contributed by atoms with E-state index in [1.54, 1.807) is 49.4 Å². The third-order valence-corrected chi connectivity index (χ3v) is 3.54. The van der Waals surface area contributed by atoms with Gasteiger partial charge in [0.15, 0.2) is 6.10 Å². The van der Waals surface area contributed by atoms with Gasteiger partial charge in [-0.1, -0.05) is 35.3 Å². The molecule has 0 heterocycles. The topological polar surface area (TPSA) is 47.6 Å². The maximum absolute atomic E-state index is 12.1. The van der Waals surface area contributed by atoms with Crippen molar-refractivity contribution in [3.05, 3.63) is 52.5 Å². The maximum atomic E-state index is 12.1. The van der Waals surface area contributed by atoms with Crippen LogP contribution in [0.1, 0.15) is 6.92 Å². The zero-order valence-corrected chi connectivity index (χ0v) is 13.6. The molecule has 0 bridgehead atoms. The lowest BCUT2D eigenvalue weighted by atomic mass is 10.2. The van der Waals surface area contributed by atoms with Gasteiger partial charge in [-0.3, -0.25) is 4.79 Å². The SMILES string of the molecule is COc1ccc(NC(=O)[C@@H](C)Oc2ccccc2Cl)cc1Cl. The highest BCUT2D eigenvalue weighted by Crippen LogP contribution is 2.28. The van der Waals surface area contributed by atoms with E-state index in [-0.39, 0.29) is 5.91 Å². The first-order valence-corrected chi connectivity index (χ1v) is 7.32. The van der Waals surface area contributed by atoms with Crippen molar-refractivity contribution < 1.29 is 14.3 Å². The predicted octanol–water partition coefficient (Wildman–Crippen LogP) is 4.41. The van der Waals surface area contributed by atoms with Crippen molar-refractivity contribution in [3.63, 3.8) is 0 Å². The van der Waals surface area contributed by atoms with Crippen LogP contribution in [-0.2, 0) is 4.79 Å². The second-order valence-corrected chi connectivity index (χ2v) is 5.34. The fourth-order valence-electron chi connectivity index (χ4n) is 1.77. The van der Waals surface area contributed by atoms with Gasteiger partial charge >= 0.3 is 0 Å². The van der Waals surface area contributed by atoms with Crippen molar-refractivity contribution >= 4 is 34.8 Å². The van der Waals surface area contributed by atoms with Crippen LogP contribution in [0.25, 0.3) is 0 Å². The molecule has 1 atom stereocenters. The Morgan fingerprint density at radius 3 is 2.45 bits per heavy atom. The van der Waals surface area contributed by atoms with E-state index in [1.165, 1.54) is 7.11 Å². The number of anilines is 1. The standard InChI is InChI=1S/C16H15Cl2NO3/c1-10(22-15-6-4-3-5-12(15)17)16(20)19-11-7-8-14(21-2)13(18)9-11/h3-10H,1-2H3,(H,19,20)/t10-/m1/s1. The number of ether oxygens (including phenoxy) is 2. The predicted molar refractivity (Wildman–Crippen MR) is 88.2 cm³/mol. The summed E-state index contributed by atoms with van der Waals surface area (Å²) in [6.45, 7) is 1.64. The highest BCUT2D eigenvalue weighted by atomic mass is 35.5. The summed E-state index contributed by atoms with van der Waals surface area (Å²) in [5.74, 6) is 0.695. The molecule has 1 amide bonds. The number of rotatable bonds is 5. The van der Waals surface area contributed by atoms with Crippen molar-refractivity contribution in [2.24, 2.45) is 0 Å². The molecule has 1 N–H and O–H groups in total. The van der Waals surface area contributed by atoms with Crippen LogP contribution in [0, 0.1) is 0 Å². The number of nitrogens with one attached hydrogen (secondary N) is 1. The number of amides is 1. The Bertz CT molecular complexity index is 676. The molecule has 0 aliphatic carbocycles. The van der Waals surface area contributed by atoms with E-state index in [1.807, 2.05) is 0 Å². The zero-order chi connectivity index (χ0) is 16.1. The van der Waals surface area contributed by atoms with Crippen LogP contribution in [0.3, 0.4) is 0 Å². The molecule has 2 aromatic carbocycles. The second-order valence-electron chi connectivity index (χ2n) is 4.53. The lowest BCUT2D eigenvalue weighted by Crippen LogP contribution is -2.30. The van der Waals surface area contributed by atoms with Crippen molar-refractivity contribution in [2.45, 2.75) is 13.0 Å². The summed E-state index contributed by atoms with van der Waals surface area (Å²) in [5.41, 5.74) is 0.561. The average Bonchev–Trinajstić information content (AvgIpc) is 2.49. The Morgan fingerprint density at radius 1 is 1.09 bits per heavy atom. The first kappa shape index (κ1) is 16.5. The Kier molecular flexibility index (Phi) is 5.52. The number of methoxy groups -OCH3 is 1. The summed E-state index contributed by atoms with van der Waals surface area (Å²) >= 11 is 12.0. The van der Waals surface area contributed by atoms with Gasteiger partial charge in [-0.05, 0) is 37.3 Å². The molecule has 0 spiro atoms. The number of hydrogen-bond acceptors (Lipinski definition) is 3. The van der Waals surface area contributed by atoms with Crippen molar-refractivity contribution in [1.82, 2.24) is 0 Å². The van der Waals surface area contributed by atoms with E-state index in [2.05, 4.69) is 5.32 Å². The third kappa shape index (κ3) is 4.06. The van der Waals surface area contributed by atoms with Crippen molar-refractivity contribution in [3.8, 4) is 11.5 Å². The van der Waals surface area contributed by atoms with E-state index in [9.17, 15) is 4.79 Å². The lowest BCUT2D eigenvalue weighted by Gasteiger charge is -2.16. The van der Waals surface area contributed by atoms with Gasteiger partial charge in [-0.25, -0.2) is 0 Å². The highest BCUT2D eigenvalue weighted by Gasteiger charge is 2.16. The fourth-order valence-corrected chi connectivity index (χ4v) is 2.21. The lowest BCUT2D eigenvalue weighted by molar-refractivity contribution is -0.122. The fraction of sp³-hybridized carbons (Fsp3) is 0.188. The zero-order valence-electron chi connectivity index (χ0n) is 12.1. The molecule has 2 aromatic rings. The minimum Gasteiger partial charge on any atom is -0.495 e. The van der Waals surface area contributed by atoms with Gasteiger partial charge < -0.3 is 14.8 Å². The molecule has 0 aliphatic heterocycles. The van der Waals surface area contributed by atoms with Gasteiger partial charge in [-0.15, -0.1) is 0 Å². The Balaban J connectivity index is 2.02. The summed E-state index contributed by atoms with van der Waals surface area (Å²) in [5, 5.41) is 3.60. The monoisotopic (exact) mass is 339 g/mol. The van der Waals surface area contributed by atoms with Crippen LogP contribution in [-0.4, -0.2) is 19.1 Å². The number of para-hydroxylation sites is 1. The minimum absolute atomic E-state index is 0.304. The molecule has 6 heteroatoms. The number of carbonyl (C=O) groups excluding carboxylic acids is 1. The summed E-state index contributed by atoms with van der Waals surface area (Å²) in [6.07, 6.45) is -0.708. The molecule has 0 fully saturated rings. The molecule has 0 unspecified atom stereocenters. The summed E-state index contributed by atoms with van der Waals surface area (Å²) < 4.78 is 10.6. The molecular weight excluding hydrogens is 325 g/mol. The second kappa shape index (κ2) is 7.38. The van der Waals surface area contributed by atoms with Crippen LogP contribution in [0.4, 0.5) is 5.69 Å². The van der Waals surface area contributed by atoms with Gasteiger partial charge in [0.25, 0.3) is 5.91 Å². The molecule has 0 saturated carbocycles. The first-order chi connectivity index (χ1) is 10.5. The highest BCUT2D eigenvalue weighted by molar-refractivity contribution is 6.32. The largest absolute Gasteiger partial charge is 0.495 e. The molecule has 4 nitrogen and oxygen atoms in total. The summed E-state index contributed by atoms with van der Waals surface area (Å²) in [4.78, 5) is 12.1. The van der Waals surface area contributed by atoms with Crippen molar-refractivity contribution in [1.29, 1.82) is 0 Å². The van der Waals surface area contributed by atoms with Crippen LogP contribution >= 0.6 is 23.2 Å². The Hall–Kier alpha value is -1.91. The molecule has 0 saturated heterocycles. The Labute approximate surface area is 138 Å². The van der Waals surface area contributed by atoms with E-state index in [0.717, 1.165) is 0 Å². The number of carbonyl (C=O) groups is 1. The van der Waals surface area contributed by atoms with Crippen LogP contribution in [0.15, 0.2) is 42.5 Å². The van der Waals surface area contributed by atoms with Gasteiger partial charge in [0.05, 0.1) is 17.2 Å². The quantitative estimate of drug-likeness (QED) is 0.877. The van der Waals surface area contributed by atoms with Crippen LogP contribution in [0.2, 0.25) is 10.0 Å². The molecule has 0 radical (unpaired) electrons. The third-order valence-electron chi connectivity index (χ3n) is 2.93. The molecule has 2 rings (SSSR count). The normalized spacial score (nSPS) is 11.6. The molecule has 0 aromatic heterocycles. The van der Waals surface area contributed by atoms with Gasteiger partial charge in [0.1, 0.15) is 11.5 Å². The van der Waals surface area contributed by atoms with E-state index >= 15 is 0 Å². The summed E-state index contributed by atoms with van der Waals surface area (Å²) in [7, 11) is 1.53. The summed E-state index contributed by atoms with van der Waals surface area (Å²) in [6, 6.07) is 12.0. The van der Waals surface area contributed by atoms with Crippen LogP contribution < -0.4 is 14.8 Å². The molecule has 116 valence electrons.